The molecule has 0 aliphatic carbocycles. The van der Waals surface area contributed by atoms with Crippen molar-refractivity contribution in [3.63, 3.8) is 0 Å². The molecule has 1 heterocycles. The molecule has 2 amide bonds. The first-order valence-corrected chi connectivity index (χ1v) is 7.88. The number of carbonyl (C=O) groups is 2. The molecule has 7 heteroatoms. The number of hydrogen-bond donors (Lipinski definition) is 2. The third-order valence-corrected chi connectivity index (χ3v) is 4.11. The Kier molecular flexibility index (Phi) is 5.84. The predicted molar refractivity (Wildman–Crippen MR) is 87.4 cm³/mol. The molecule has 0 spiro atoms. The molecule has 1 aromatic heterocycles. The first kappa shape index (κ1) is 17.1. The lowest BCUT2D eigenvalue weighted by Gasteiger charge is -2.20. The molecule has 2 rings (SSSR count). The van der Waals surface area contributed by atoms with Crippen LogP contribution in [-0.4, -0.2) is 36.9 Å². The third-order valence-electron chi connectivity index (χ3n) is 3.18. The standard InChI is InChI=1S/C16H18FN3O2S/c1-20(9-14(18)21)10-15(22)19-16(13-3-2-8-23-13)11-4-6-12(17)7-5-11/h2-8,16H,9-10H2,1H3,(H2,18,21)(H,19,22)/t16-/m1/s1. The molecule has 0 radical (unpaired) electrons. The number of benzene rings is 1. The Morgan fingerprint density at radius 1 is 1.26 bits per heavy atom. The van der Waals surface area contributed by atoms with Crippen molar-refractivity contribution in [1.82, 2.24) is 10.2 Å². The Balaban J connectivity index is 2.11. The topological polar surface area (TPSA) is 75.4 Å². The molecule has 0 bridgehead atoms. The smallest absolute Gasteiger partial charge is 0.234 e. The predicted octanol–water partition coefficient (Wildman–Crippen LogP) is 1.51. The van der Waals surface area contributed by atoms with Gasteiger partial charge in [-0.2, -0.15) is 0 Å². The van der Waals surface area contributed by atoms with Gasteiger partial charge in [0.1, 0.15) is 5.82 Å². The zero-order valence-electron chi connectivity index (χ0n) is 12.7. The van der Waals surface area contributed by atoms with E-state index in [0.717, 1.165) is 10.4 Å². The number of halogens is 1. The fourth-order valence-corrected chi connectivity index (χ4v) is 3.01. The number of primary amides is 1. The largest absolute Gasteiger partial charge is 0.369 e. The average Bonchev–Trinajstić information content (AvgIpc) is 2.98. The minimum atomic E-state index is -0.492. The molecule has 2 aromatic rings. The highest BCUT2D eigenvalue weighted by Gasteiger charge is 2.19. The fourth-order valence-electron chi connectivity index (χ4n) is 2.20. The van der Waals surface area contributed by atoms with Crippen LogP contribution < -0.4 is 11.1 Å². The minimum Gasteiger partial charge on any atom is -0.369 e. The van der Waals surface area contributed by atoms with Gasteiger partial charge >= 0.3 is 0 Å². The second-order valence-corrected chi connectivity index (χ2v) is 6.19. The number of nitrogens with one attached hydrogen (secondary N) is 1. The van der Waals surface area contributed by atoms with E-state index in [0.29, 0.717) is 0 Å². The van der Waals surface area contributed by atoms with Crippen molar-refractivity contribution in [3.05, 3.63) is 58.0 Å². The van der Waals surface area contributed by atoms with Crippen molar-refractivity contribution in [2.75, 3.05) is 20.1 Å². The minimum absolute atomic E-state index is 0.00758. The molecule has 0 fully saturated rings. The summed E-state index contributed by atoms with van der Waals surface area (Å²) in [6, 6.07) is 9.46. The van der Waals surface area contributed by atoms with Gasteiger partial charge in [-0.25, -0.2) is 4.39 Å². The number of nitrogens with two attached hydrogens (primary N) is 1. The number of nitrogens with zero attached hydrogens (tertiary/aromatic N) is 1. The number of rotatable bonds is 7. The Morgan fingerprint density at radius 2 is 1.96 bits per heavy atom. The number of amides is 2. The van der Waals surface area contributed by atoms with Crippen molar-refractivity contribution >= 4 is 23.2 Å². The maximum atomic E-state index is 13.1. The normalized spacial score (nSPS) is 12.1. The highest BCUT2D eigenvalue weighted by Crippen LogP contribution is 2.26. The quantitative estimate of drug-likeness (QED) is 0.805. The highest BCUT2D eigenvalue weighted by molar-refractivity contribution is 7.10. The molecule has 1 atom stereocenters. The van der Waals surface area contributed by atoms with Crippen molar-refractivity contribution < 1.29 is 14.0 Å². The van der Waals surface area contributed by atoms with Gasteiger partial charge < -0.3 is 11.1 Å². The molecule has 0 aliphatic heterocycles. The van der Waals surface area contributed by atoms with Crippen LogP contribution in [0.15, 0.2) is 41.8 Å². The van der Waals surface area contributed by atoms with Crippen molar-refractivity contribution in [2.24, 2.45) is 5.73 Å². The number of thiophene rings is 1. The van der Waals surface area contributed by atoms with Gasteiger partial charge in [0.2, 0.25) is 11.8 Å². The molecule has 0 saturated carbocycles. The van der Waals surface area contributed by atoms with Crippen LogP contribution in [0.2, 0.25) is 0 Å². The first-order valence-electron chi connectivity index (χ1n) is 7.01. The Bertz CT molecular complexity index is 658. The fraction of sp³-hybridized carbons (Fsp3) is 0.250. The first-order chi connectivity index (χ1) is 11.0. The van der Waals surface area contributed by atoms with Gasteiger partial charge in [-0.15, -0.1) is 11.3 Å². The molecule has 0 saturated heterocycles. The number of likely N-dealkylation sites (N-methyl/N-ethyl adjacent to an activating group) is 1. The lowest BCUT2D eigenvalue weighted by Crippen LogP contribution is -2.40. The Labute approximate surface area is 137 Å². The van der Waals surface area contributed by atoms with E-state index in [9.17, 15) is 14.0 Å². The zero-order chi connectivity index (χ0) is 16.8. The van der Waals surface area contributed by atoms with Gasteiger partial charge in [-0.05, 0) is 36.2 Å². The Hall–Kier alpha value is -2.25. The van der Waals surface area contributed by atoms with E-state index in [4.69, 9.17) is 5.73 Å². The van der Waals surface area contributed by atoms with Crippen LogP contribution in [0.3, 0.4) is 0 Å². The van der Waals surface area contributed by atoms with Crippen molar-refractivity contribution in [3.8, 4) is 0 Å². The summed E-state index contributed by atoms with van der Waals surface area (Å²) >= 11 is 1.51. The SMILES string of the molecule is CN(CC(N)=O)CC(=O)N[C@H](c1ccc(F)cc1)c1cccs1. The van der Waals surface area contributed by atoms with Crippen LogP contribution in [0.25, 0.3) is 0 Å². The van der Waals surface area contributed by atoms with E-state index in [1.54, 1.807) is 19.2 Å². The van der Waals surface area contributed by atoms with Gasteiger partial charge in [0.25, 0.3) is 0 Å². The maximum absolute atomic E-state index is 13.1. The van der Waals surface area contributed by atoms with Crippen LogP contribution >= 0.6 is 11.3 Å². The molecule has 0 unspecified atom stereocenters. The van der Waals surface area contributed by atoms with E-state index in [1.807, 2.05) is 17.5 Å². The van der Waals surface area contributed by atoms with Crippen molar-refractivity contribution in [2.45, 2.75) is 6.04 Å². The van der Waals surface area contributed by atoms with Crippen molar-refractivity contribution in [1.29, 1.82) is 0 Å². The lowest BCUT2D eigenvalue weighted by atomic mass is 10.1. The number of hydrogen-bond acceptors (Lipinski definition) is 4. The van der Waals surface area contributed by atoms with Crippen LogP contribution in [-0.2, 0) is 9.59 Å². The van der Waals surface area contributed by atoms with Crippen LogP contribution in [0.5, 0.6) is 0 Å². The summed E-state index contributed by atoms with van der Waals surface area (Å²) in [6.45, 7) is 0.0552. The van der Waals surface area contributed by atoms with E-state index in [2.05, 4.69) is 5.32 Å². The van der Waals surface area contributed by atoms with Crippen LogP contribution in [0.1, 0.15) is 16.5 Å². The average molecular weight is 335 g/mol. The molecule has 122 valence electrons. The second kappa shape index (κ2) is 7.85. The molecule has 1 aromatic carbocycles. The molecule has 3 N–H and O–H groups in total. The van der Waals surface area contributed by atoms with E-state index >= 15 is 0 Å². The van der Waals surface area contributed by atoms with Gasteiger partial charge in [-0.1, -0.05) is 18.2 Å². The number of carbonyl (C=O) groups excluding carboxylic acids is 2. The lowest BCUT2D eigenvalue weighted by molar-refractivity contribution is -0.123. The second-order valence-electron chi connectivity index (χ2n) is 5.21. The van der Waals surface area contributed by atoms with Crippen LogP contribution in [0, 0.1) is 5.82 Å². The molecule has 5 nitrogen and oxygen atoms in total. The monoisotopic (exact) mass is 335 g/mol. The highest BCUT2D eigenvalue weighted by atomic mass is 32.1. The molecular formula is C16H18FN3O2S. The zero-order valence-corrected chi connectivity index (χ0v) is 13.5. The van der Waals surface area contributed by atoms with Gasteiger partial charge in [0.15, 0.2) is 0 Å². The summed E-state index contributed by atoms with van der Waals surface area (Å²) in [5.74, 6) is -1.06. The summed E-state index contributed by atoms with van der Waals surface area (Å²) in [5, 5.41) is 4.83. The van der Waals surface area contributed by atoms with E-state index < -0.39 is 5.91 Å². The summed E-state index contributed by atoms with van der Waals surface area (Å²) in [4.78, 5) is 25.6. The molecular weight excluding hydrogens is 317 g/mol. The van der Waals surface area contributed by atoms with Crippen LogP contribution in [0.4, 0.5) is 4.39 Å². The van der Waals surface area contributed by atoms with E-state index in [-0.39, 0.29) is 30.9 Å². The third kappa shape index (κ3) is 5.15. The van der Waals surface area contributed by atoms with Gasteiger partial charge in [0.05, 0.1) is 19.1 Å². The summed E-state index contributed by atoms with van der Waals surface area (Å²) in [7, 11) is 1.64. The maximum Gasteiger partial charge on any atom is 0.234 e. The molecule has 0 aliphatic rings. The summed E-state index contributed by atoms with van der Waals surface area (Å²) < 4.78 is 13.1. The Morgan fingerprint density at radius 3 is 2.52 bits per heavy atom. The summed E-state index contributed by atoms with van der Waals surface area (Å²) in [6.07, 6.45) is 0. The summed E-state index contributed by atoms with van der Waals surface area (Å²) in [5.41, 5.74) is 5.90. The van der Waals surface area contributed by atoms with Gasteiger partial charge in [-0.3, -0.25) is 14.5 Å². The van der Waals surface area contributed by atoms with Gasteiger partial charge in [0, 0.05) is 4.88 Å². The van der Waals surface area contributed by atoms with E-state index in [1.165, 1.54) is 28.4 Å². The molecule has 23 heavy (non-hydrogen) atoms.